The predicted molar refractivity (Wildman–Crippen MR) is 124 cm³/mol. The summed E-state index contributed by atoms with van der Waals surface area (Å²) in [4.78, 5) is 24.2. The van der Waals surface area contributed by atoms with Gasteiger partial charge in [-0.25, -0.2) is 5.43 Å². The number of hydrazone groups is 1. The van der Waals surface area contributed by atoms with Crippen molar-refractivity contribution in [2.45, 2.75) is 13.8 Å². The van der Waals surface area contributed by atoms with Crippen molar-refractivity contribution < 1.29 is 19.1 Å². The Morgan fingerprint density at radius 3 is 2.34 bits per heavy atom. The lowest BCUT2D eigenvalue weighted by molar-refractivity contribution is -0.136. The minimum Gasteiger partial charge on any atom is -0.497 e. The van der Waals surface area contributed by atoms with E-state index in [0.717, 1.165) is 28.4 Å². The number of aromatic nitrogens is 1. The number of nitrogens with zero attached hydrogens (tertiary/aromatic N) is 2. The van der Waals surface area contributed by atoms with Crippen molar-refractivity contribution in [2.24, 2.45) is 5.10 Å². The lowest BCUT2D eigenvalue weighted by Gasteiger charge is -2.10. The number of carbonyl (C=O) groups excluding carboxylic acids is 2. The highest BCUT2D eigenvalue weighted by Gasteiger charge is 2.14. The van der Waals surface area contributed by atoms with Gasteiger partial charge in [-0.2, -0.15) is 5.10 Å². The maximum absolute atomic E-state index is 12.1. The molecule has 3 aromatic rings. The average molecular weight is 455 g/mol. The summed E-state index contributed by atoms with van der Waals surface area (Å²) < 4.78 is 12.3. The van der Waals surface area contributed by atoms with E-state index in [-0.39, 0.29) is 0 Å². The van der Waals surface area contributed by atoms with Crippen LogP contribution in [0.4, 0.5) is 5.69 Å². The molecule has 0 atom stereocenters. The van der Waals surface area contributed by atoms with Crippen LogP contribution in [0.1, 0.15) is 17.0 Å². The van der Waals surface area contributed by atoms with Crippen molar-refractivity contribution in [3.63, 3.8) is 0 Å². The largest absolute Gasteiger partial charge is 0.497 e. The first-order valence-electron chi connectivity index (χ1n) is 9.65. The first-order valence-corrected chi connectivity index (χ1v) is 10.0. The molecule has 166 valence electrons. The Labute approximate surface area is 190 Å². The van der Waals surface area contributed by atoms with Gasteiger partial charge < -0.3 is 19.4 Å². The SMILES string of the molecule is COc1ccc(-n2c(C)cc(/C=N\NC(=O)C(=O)Nc3ccc(OC)c(Cl)c3)c2C)cc1. The molecule has 8 nitrogen and oxygen atoms in total. The fraction of sp³-hybridized carbons (Fsp3) is 0.174. The summed E-state index contributed by atoms with van der Waals surface area (Å²) in [6.07, 6.45) is 1.50. The van der Waals surface area contributed by atoms with Crippen LogP contribution in [-0.4, -0.2) is 36.8 Å². The van der Waals surface area contributed by atoms with Crippen molar-refractivity contribution in [1.82, 2.24) is 9.99 Å². The Morgan fingerprint density at radius 1 is 1.00 bits per heavy atom. The topological polar surface area (TPSA) is 94.0 Å². The van der Waals surface area contributed by atoms with E-state index in [4.69, 9.17) is 21.1 Å². The Hall–Kier alpha value is -3.78. The molecule has 32 heavy (non-hydrogen) atoms. The quantitative estimate of drug-likeness (QED) is 0.336. The Kier molecular flexibility index (Phi) is 7.17. The zero-order valence-corrected chi connectivity index (χ0v) is 18.9. The van der Waals surface area contributed by atoms with Gasteiger partial charge in [-0.05, 0) is 62.4 Å². The molecule has 0 aliphatic heterocycles. The van der Waals surface area contributed by atoms with Crippen LogP contribution in [0.5, 0.6) is 11.5 Å². The number of methoxy groups -OCH3 is 2. The van der Waals surface area contributed by atoms with E-state index >= 15 is 0 Å². The number of rotatable bonds is 6. The van der Waals surface area contributed by atoms with Gasteiger partial charge in [0.05, 0.1) is 25.5 Å². The zero-order chi connectivity index (χ0) is 23.3. The van der Waals surface area contributed by atoms with Crippen LogP contribution >= 0.6 is 11.6 Å². The van der Waals surface area contributed by atoms with Crippen LogP contribution in [0.25, 0.3) is 5.69 Å². The normalized spacial score (nSPS) is 10.8. The number of hydrogen-bond acceptors (Lipinski definition) is 5. The highest BCUT2D eigenvalue weighted by Crippen LogP contribution is 2.27. The van der Waals surface area contributed by atoms with E-state index in [1.165, 1.54) is 19.4 Å². The van der Waals surface area contributed by atoms with E-state index in [2.05, 4.69) is 20.4 Å². The van der Waals surface area contributed by atoms with E-state index in [9.17, 15) is 9.59 Å². The van der Waals surface area contributed by atoms with Gasteiger partial charge in [0.2, 0.25) is 0 Å². The molecule has 2 N–H and O–H groups in total. The van der Waals surface area contributed by atoms with Crippen molar-refractivity contribution in [2.75, 3.05) is 19.5 Å². The smallest absolute Gasteiger partial charge is 0.329 e. The van der Waals surface area contributed by atoms with Crippen LogP contribution < -0.4 is 20.2 Å². The molecule has 1 aromatic heterocycles. The number of aryl methyl sites for hydroxylation is 1. The van der Waals surface area contributed by atoms with Crippen LogP contribution in [0.3, 0.4) is 0 Å². The third-order valence-corrected chi connectivity index (χ3v) is 5.08. The summed E-state index contributed by atoms with van der Waals surface area (Å²) in [7, 11) is 3.11. The van der Waals surface area contributed by atoms with Crippen LogP contribution in [0, 0.1) is 13.8 Å². The fourth-order valence-electron chi connectivity index (χ4n) is 3.19. The molecule has 0 spiro atoms. The van der Waals surface area contributed by atoms with E-state index in [1.54, 1.807) is 19.2 Å². The second-order valence-electron chi connectivity index (χ2n) is 6.86. The Morgan fingerprint density at radius 2 is 1.72 bits per heavy atom. The number of anilines is 1. The minimum atomic E-state index is -0.905. The lowest BCUT2D eigenvalue weighted by Crippen LogP contribution is -2.32. The molecule has 2 amide bonds. The first kappa shape index (κ1) is 22.9. The molecule has 0 bridgehead atoms. The van der Waals surface area contributed by atoms with Crippen molar-refractivity contribution >= 4 is 35.3 Å². The number of benzene rings is 2. The van der Waals surface area contributed by atoms with Gasteiger partial charge in [-0.3, -0.25) is 9.59 Å². The van der Waals surface area contributed by atoms with Crippen molar-refractivity contribution in [1.29, 1.82) is 0 Å². The van der Waals surface area contributed by atoms with E-state index < -0.39 is 11.8 Å². The number of amides is 2. The van der Waals surface area contributed by atoms with Gasteiger partial charge in [0.15, 0.2) is 0 Å². The summed E-state index contributed by atoms with van der Waals surface area (Å²) >= 11 is 6.02. The summed E-state index contributed by atoms with van der Waals surface area (Å²) in [6, 6.07) is 14.3. The lowest BCUT2D eigenvalue weighted by atomic mass is 10.2. The maximum Gasteiger partial charge on any atom is 0.329 e. The number of hydrogen-bond donors (Lipinski definition) is 2. The summed E-state index contributed by atoms with van der Waals surface area (Å²) in [5, 5.41) is 6.70. The molecule has 0 fully saturated rings. The van der Waals surface area contributed by atoms with Crippen molar-refractivity contribution in [3.8, 4) is 17.2 Å². The second-order valence-corrected chi connectivity index (χ2v) is 7.27. The predicted octanol–water partition coefficient (Wildman–Crippen LogP) is 3.85. The molecule has 0 saturated heterocycles. The second kappa shape index (κ2) is 10.0. The molecule has 0 aliphatic rings. The number of ether oxygens (including phenoxy) is 2. The monoisotopic (exact) mass is 454 g/mol. The molecule has 9 heteroatoms. The van der Waals surface area contributed by atoms with Crippen LogP contribution in [-0.2, 0) is 9.59 Å². The van der Waals surface area contributed by atoms with Crippen molar-refractivity contribution in [3.05, 3.63) is 70.5 Å². The average Bonchev–Trinajstić information content (AvgIpc) is 3.06. The molecular weight excluding hydrogens is 432 g/mol. The van der Waals surface area contributed by atoms with E-state index in [0.29, 0.717) is 16.5 Å². The van der Waals surface area contributed by atoms with Gasteiger partial charge in [0.1, 0.15) is 11.5 Å². The van der Waals surface area contributed by atoms with Gasteiger partial charge in [-0.15, -0.1) is 0 Å². The molecule has 0 aliphatic carbocycles. The number of halogens is 1. The highest BCUT2D eigenvalue weighted by atomic mass is 35.5. The first-order chi connectivity index (χ1) is 15.3. The molecule has 1 heterocycles. The maximum atomic E-state index is 12.1. The summed E-state index contributed by atoms with van der Waals surface area (Å²) in [5.41, 5.74) is 6.31. The summed E-state index contributed by atoms with van der Waals surface area (Å²) in [6.45, 7) is 3.92. The Balaban J connectivity index is 1.65. The summed E-state index contributed by atoms with van der Waals surface area (Å²) in [5.74, 6) is -0.536. The third-order valence-electron chi connectivity index (χ3n) is 4.79. The zero-order valence-electron chi connectivity index (χ0n) is 18.1. The van der Waals surface area contributed by atoms with Crippen LogP contribution in [0.15, 0.2) is 53.6 Å². The van der Waals surface area contributed by atoms with E-state index in [1.807, 2.05) is 44.2 Å². The van der Waals surface area contributed by atoms with Gasteiger partial charge in [0.25, 0.3) is 0 Å². The minimum absolute atomic E-state index is 0.316. The van der Waals surface area contributed by atoms with Gasteiger partial charge >= 0.3 is 11.8 Å². The number of nitrogens with one attached hydrogen (secondary N) is 2. The fourth-order valence-corrected chi connectivity index (χ4v) is 3.45. The molecule has 0 unspecified atom stereocenters. The molecular formula is C23H23ClN4O4. The third kappa shape index (κ3) is 5.09. The molecule has 3 rings (SSSR count). The molecule has 2 aromatic carbocycles. The van der Waals surface area contributed by atoms with Crippen LogP contribution in [0.2, 0.25) is 5.02 Å². The molecule has 0 radical (unpaired) electrons. The van der Waals surface area contributed by atoms with Gasteiger partial charge in [0, 0.05) is 28.3 Å². The Bertz CT molecular complexity index is 1170. The number of carbonyl (C=O) groups is 2. The highest BCUT2D eigenvalue weighted by molar-refractivity contribution is 6.40. The standard InChI is InChI=1S/C23H23ClN4O4/c1-14-11-16(15(2)28(14)18-6-8-19(31-3)9-7-18)13-25-27-23(30)22(29)26-17-5-10-21(32-4)20(24)12-17/h5-13H,1-4H3,(H,26,29)(H,27,30)/b25-13-. The van der Waals surface area contributed by atoms with Gasteiger partial charge in [-0.1, -0.05) is 11.6 Å². The molecule has 0 saturated carbocycles.